The second-order valence-corrected chi connectivity index (χ2v) is 6.84. The summed E-state index contributed by atoms with van der Waals surface area (Å²) in [7, 11) is 0. The fourth-order valence-electron chi connectivity index (χ4n) is 2.95. The molecule has 136 valence electrons. The van der Waals surface area contributed by atoms with E-state index in [1.165, 1.54) is 17.7 Å². The molecule has 1 aliphatic rings. The van der Waals surface area contributed by atoms with E-state index >= 15 is 0 Å². The molecule has 1 aliphatic heterocycles. The van der Waals surface area contributed by atoms with Gasteiger partial charge in [0.25, 0.3) is 0 Å². The van der Waals surface area contributed by atoms with Crippen LogP contribution in [-0.2, 0) is 12.8 Å². The zero-order valence-electron chi connectivity index (χ0n) is 13.9. The van der Waals surface area contributed by atoms with Gasteiger partial charge >= 0.3 is 6.36 Å². The quantitative estimate of drug-likeness (QED) is 0.844. The molecule has 25 heavy (non-hydrogen) atoms. The molecule has 0 bridgehead atoms. The highest BCUT2D eigenvalue weighted by Crippen LogP contribution is 2.30. The lowest BCUT2D eigenvalue weighted by Gasteiger charge is -2.11. The van der Waals surface area contributed by atoms with E-state index in [0.717, 1.165) is 55.2 Å². The van der Waals surface area contributed by atoms with Crippen molar-refractivity contribution in [2.24, 2.45) is 0 Å². The Morgan fingerprint density at radius 3 is 2.68 bits per heavy atom. The number of halogens is 3. The Hall–Kier alpha value is -1.83. The molecular formula is C17H20F3N3OS. The number of anilines is 1. The van der Waals surface area contributed by atoms with Crippen LogP contribution in [0.3, 0.4) is 0 Å². The van der Waals surface area contributed by atoms with E-state index < -0.39 is 6.36 Å². The number of benzene rings is 1. The molecule has 0 saturated heterocycles. The Kier molecular flexibility index (Phi) is 5.46. The highest BCUT2D eigenvalue weighted by atomic mass is 32.2. The number of nitrogens with one attached hydrogen (secondary N) is 1. The molecule has 0 aliphatic carbocycles. The van der Waals surface area contributed by atoms with Gasteiger partial charge in [0.2, 0.25) is 0 Å². The van der Waals surface area contributed by atoms with E-state index in [0.29, 0.717) is 0 Å². The normalized spacial score (nSPS) is 14.6. The number of aryl methyl sites for hydroxylation is 1. The summed E-state index contributed by atoms with van der Waals surface area (Å²) in [5.41, 5.74) is 3.01. The monoisotopic (exact) mass is 371 g/mol. The summed E-state index contributed by atoms with van der Waals surface area (Å²) < 4.78 is 42.6. The van der Waals surface area contributed by atoms with Crippen LogP contribution in [-0.4, -0.2) is 34.7 Å². The van der Waals surface area contributed by atoms with Crippen molar-refractivity contribution in [2.45, 2.75) is 32.0 Å². The van der Waals surface area contributed by atoms with Gasteiger partial charge in [-0.1, -0.05) is 0 Å². The number of aromatic nitrogens is 2. The molecule has 8 heteroatoms. The zero-order chi connectivity index (χ0) is 17.9. The first-order valence-electron chi connectivity index (χ1n) is 8.17. The Balaban J connectivity index is 1.92. The van der Waals surface area contributed by atoms with Gasteiger partial charge < -0.3 is 10.1 Å². The molecular weight excluding hydrogens is 351 g/mol. The Morgan fingerprint density at radius 1 is 1.24 bits per heavy atom. The van der Waals surface area contributed by atoms with Crippen molar-refractivity contribution >= 4 is 17.6 Å². The van der Waals surface area contributed by atoms with Crippen LogP contribution in [0.2, 0.25) is 0 Å². The topological polar surface area (TPSA) is 39.1 Å². The van der Waals surface area contributed by atoms with Gasteiger partial charge in [0.05, 0.1) is 11.4 Å². The van der Waals surface area contributed by atoms with Gasteiger partial charge in [-0.3, -0.25) is 0 Å². The third kappa shape index (κ3) is 4.42. The van der Waals surface area contributed by atoms with Crippen LogP contribution >= 0.6 is 11.8 Å². The number of fused-ring (bicyclic) bond motifs is 1. The van der Waals surface area contributed by atoms with Crippen LogP contribution < -0.4 is 10.1 Å². The Labute approximate surface area is 148 Å². The van der Waals surface area contributed by atoms with Crippen molar-refractivity contribution in [1.82, 2.24) is 9.78 Å². The van der Waals surface area contributed by atoms with Crippen molar-refractivity contribution in [1.29, 1.82) is 0 Å². The van der Waals surface area contributed by atoms with Crippen LogP contribution in [0.1, 0.15) is 24.1 Å². The smallest absolute Gasteiger partial charge is 0.406 e. The Morgan fingerprint density at radius 2 is 2.00 bits per heavy atom. The second kappa shape index (κ2) is 7.59. The van der Waals surface area contributed by atoms with Crippen LogP contribution in [0.4, 0.5) is 19.0 Å². The van der Waals surface area contributed by atoms with Crippen molar-refractivity contribution in [3.63, 3.8) is 0 Å². The summed E-state index contributed by atoms with van der Waals surface area (Å²) >= 11 is 1.77. The summed E-state index contributed by atoms with van der Waals surface area (Å²) in [6.07, 6.45) is 1.43. The molecule has 2 heterocycles. The van der Waals surface area contributed by atoms with Gasteiger partial charge in [-0.2, -0.15) is 16.9 Å². The number of alkyl halides is 3. The first-order valence-corrected chi connectivity index (χ1v) is 9.57. The van der Waals surface area contributed by atoms with Gasteiger partial charge in [0, 0.05) is 18.5 Å². The lowest BCUT2D eigenvalue weighted by Crippen LogP contribution is -2.17. The van der Waals surface area contributed by atoms with Crippen molar-refractivity contribution in [3.8, 4) is 11.4 Å². The van der Waals surface area contributed by atoms with Crippen LogP contribution in [0.25, 0.3) is 5.69 Å². The fourth-order valence-corrected chi connectivity index (χ4v) is 3.35. The minimum absolute atomic E-state index is 0.231. The minimum atomic E-state index is -4.68. The SMILES string of the molecule is CSCCc1nn(-c2ccc(OC(F)(F)F)cc2)c2c1CCCCN2. The predicted octanol–water partition coefficient (Wildman–Crippen LogP) is 4.42. The molecule has 4 nitrogen and oxygen atoms in total. The summed E-state index contributed by atoms with van der Waals surface area (Å²) in [5.74, 6) is 1.71. The first kappa shape index (κ1) is 18.0. The number of ether oxygens (including phenoxy) is 1. The van der Waals surface area contributed by atoms with Crippen LogP contribution in [0.5, 0.6) is 5.75 Å². The number of thioether (sulfide) groups is 1. The zero-order valence-corrected chi connectivity index (χ0v) is 14.7. The fraction of sp³-hybridized carbons (Fsp3) is 0.471. The maximum Gasteiger partial charge on any atom is 0.573 e. The molecule has 0 unspecified atom stereocenters. The summed E-state index contributed by atoms with van der Waals surface area (Å²) in [6.45, 7) is 0.871. The second-order valence-electron chi connectivity index (χ2n) is 5.85. The summed E-state index contributed by atoms with van der Waals surface area (Å²) in [5, 5.41) is 8.15. The van der Waals surface area contributed by atoms with Gasteiger partial charge in [-0.25, -0.2) is 4.68 Å². The standard InChI is InChI=1S/C17H20F3N3OS/c1-25-11-9-15-14-4-2-3-10-21-16(14)23(22-15)12-5-7-13(8-6-12)24-17(18,19)20/h5-8,21H,2-4,9-11H2,1H3. The van der Waals surface area contributed by atoms with E-state index in [4.69, 9.17) is 5.10 Å². The van der Waals surface area contributed by atoms with Crippen molar-refractivity contribution in [3.05, 3.63) is 35.5 Å². The molecule has 0 amide bonds. The lowest BCUT2D eigenvalue weighted by molar-refractivity contribution is -0.274. The minimum Gasteiger partial charge on any atom is -0.406 e. The molecule has 0 spiro atoms. The van der Waals surface area contributed by atoms with E-state index in [1.807, 2.05) is 0 Å². The highest BCUT2D eigenvalue weighted by molar-refractivity contribution is 7.98. The molecule has 1 N–H and O–H groups in total. The number of hydrogen-bond donors (Lipinski definition) is 1. The molecule has 1 aromatic carbocycles. The maximum atomic E-state index is 12.3. The molecule has 3 rings (SSSR count). The number of hydrogen-bond acceptors (Lipinski definition) is 4. The molecule has 0 radical (unpaired) electrons. The average molecular weight is 371 g/mol. The van der Waals surface area contributed by atoms with E-state index in [-0.39, 0.29) is 5.75 Å². The summed E-state index contributed by atoms with van der Waals surface area (Å²) in [4.78, 5) is 0. The van der Waals surface area contributed by atoms with Crippen LogP contribution in [0, 0.1) is 0 Å². The molecule has 0 atom stereocenters. The third-order valence-electron chi connectivity index (χ3n) is 4.07. The molecule has 2 aromatic rings. The van der Waals surface area contributed by atoms with E-state index in [9.17, 15) is 13.2 Å². The van der Waals surface area contributed by atoms with Crippen LogP contribution in [0.15, 0.2) is 24.3 Å². The summed E-state index contributed by atoms with van der Waals surface area (Å²) in [6, 6.07) is 5.82. The van der Waals surface area contributed by atoms with Crippen molar-refractivity contribution in [2.75, 3.05) is 23.9 Å². The number of nitrogens with zero attached hydrogens (tertiary/aromatic N) is 2. The highest BCUT2D eigenvalue weighted by Gasteiger charge is 2.31. The predicted molar refractivity (Wildman–Crippen MR) is 93.8 cm³/mol. The van der Waals surface area contributed by atoms with E-state index in [1.54, 1.807) is 28.6 Å². The van der Waals surface area contributed by atoms with Crippen molar-refractivity contribution < 1.29 is 17.9 Å². The lowest BCUT2D eigenvalue weighted by atomic mass is 10.1. The largest absolute Gasteiger partial charge is 0.573 e. The first-order chi connectivity index (χ1) is 12.0. The maximum absolute atomic E-state index is 12.3. The number of rotatable bonds is 5. The van der Waals surface area contributed by atoms with Gasteiger partial charge in [-0.15, -0.1) is 13.2 Å². The Bertz CT molecular complexity index is 713. The third-order valence-corrected chi connectivity index (χ3v) is 4.68. The molecule has 0 fully saturated rings. The van der Waals surface area contributed by atoms with Gasteiger partial charge in [-0.05, 0) is 55.5 Å². The van der Waals surface area contributed by atoms with Gasteiger partial charge in [0.1, 0.15) is 11.6 Å². The average Bonchev–Trinajstić information content (AvgIpc) is 2.74. The molecule has 0 saturated carbocycles. The molecule has 1 aromatic heterocycles. The van der Waals surface area contributed by atoms with E-state index in [2.05, 4.69) is 16.3 Å². The van der Waals surface area contributed by atoms with Gasteiger partial charge in [0.15, 0.2) is 0 Å².